The standard InChI is InChI=1S/C20H27NO12/c1-9(22)21-17-14(30-11(3)24)7-15(20(27)28-6)33-19(17)18(32-13(5)26)16(31-12(4)25)8-29-10(2)23/h7,14,16-19H,8H2,1-6H3,(H,21,22)/t14-,16-,17-,18+,19+/m0/s1. The summed E-state index contributed by atoms with van der Waals surface area (Å²) < 4.78 is 30.9. The van der Waals surface area contributed by atoms with Crippen LogP contribution in [0, 0.1) is 0 Å². The van der Waals surface area contributed by atoms with Crippen molar-refractivity contribution < 1.29 is 57.2 Å². The summed E-state index contributed by atoms with van der Waals surface area (Å²) in [5.41, 5.74) is 0. The lowest BCUT2D eigenvalue weighted by Gasteiger charge is -2.41. The van der Waals surface area contributed by atoms with Crippen molar-refractivity contribution in [3.05, 3.63) is 11.8 Å². The molecule has 1 aliphatic heterocycles. The van der Waals surface area contributed by atoms with Crippen LogP contribution in [0.15, 0.2) is 11.8 Å². The van der Waals surface area contributed by atoms with Gasteiger partial charge in [-0.05, 0) is 0 Å². The van der Waals surface area contributed by atoms with Gasteiger partial charge in [0.25, 0.3) is 0 Å². The number of carbonyl (C=O) groups is 6. The molecule has 0 aliphatic carbocycles. The second-order valence-electron chi connectivity index (χ2n) is 6.93. The molecule has 0 aromatic carbocycles. The molecule has 0 radical (unpaired) electrons. The Balaban J connectivity index is 3.58. The van der Waals surface area contributed by atoms with Crippen molar-refractivity contribution in [2.45, 2.75) is 65.1 Å². The van der Waals surface area contributed by atoms with Gasteiger partial charge in [0.05, 0.1) is 7.11 Å². The van der Waals surface area contributed by atoms with Crippen LogP contribution in [0.25, 0.3) is 0 Å². The molecule has 0 bridgehead atoms. The largest absolute Gasteiger partial charge is 0.477 e. The molecule has 0 aromatic heterocycles. The van der Waals surface area contributed by atoms with Crippen molar-refractivity contribution in [3.8, 4) is 0 Å². The number of ether oxygens (including phenoxy) is 6. The van der Waals surface area contributed by atoms with Gasteiger partial charge in [-0.25, -0.2) is 4.79 Å². The maximum Gasteiger partial charge on any atom is 0.373 e. The Bertz CT molecular complexity index is 820. The average Bonchev–Trinajstić information content (AvgIpc) is 2.68. The zero-order valence-electron chi connectivity index (χ0n) is 19.1. The number of amides is 1. The third-order valence-electron chi connectivity index (χ3n) is 4.11. The molecule has 0 fully saturated rings. The van der Waals surface area contributed by atoms with Crippen LogP contribution in [0.1, 0.15) is 34.6 Å². The second-order valence-corrected chi connectivity index (χ2v) is 6.93. The van der Waals surface area contributed by atoms with Gasteiger partial charge in [-0.15, -0.1) is 0 Å². The predicted octanol–water partition coefficient (Wildman–Crippen LogP) is -0.695. The molecular weight excluding hydrogens is 446 g/mol. The average molecular weight is 473 g/mol. The minimum absolute atomic E-state index is 0.415. The number of methoxy groups -OCH3 is 1. The number of nitrogens with one attached hydrogen (secondary N) is 1. The van der Waals surface area contributed by atoms with Gasteiger partial charge < -0.3 is 33.7 Å². The lowest BCUT2D eigenvalue weighted by atomic mass is 9.93. The topological polar surface area (TPSA) is 170 Å². The molecule has 33 heavy (non-hydrogen) atoms. The molecular formula is C20H27NO12. The quantitative estimate of drug-likeness (QED) is 0.331. The van der Waals surface area contributed by atoms with E-state index in [0.717, 1.165) is 40.9 Å². The molecule has 1 amide bonds. The number of hydrogen-bond donors (Lipinski definition) is 1. The van der Waals surface area contributed by atoms with E-state index in [0.29, 0.717) is 0 Å². The Kier molecular flexibility index (Phi) is 10.3. The first kappa shape index (κ1) is 27.4. The van der Waals surface area contributed by atoms with Crippen LogP contribution in [-0.4, -0.2) is 79.9 Å². The van der Waals surface area contributed by atoms with Crippen molar-refractivity contribution in [2.75, 3.05) is 13.7 Å². The van der Waals surface area contributed by atoms with E-state index in [1.165, 1.54) is 6.92 Å². The summed E-state index contributed by atoms with van der Waals surface area (Å²) in [5.74, 6) is -5.07. The van der Waals surface area contributed by atoms with Gasteiger partial charge in [0, 0.05) is 40.7 Å². The number of hydrogen-bond acceptors (Lipinski definition) is 12. The molecule has 13 nitrogen and oxygen atoms in total. The van der Waals surface area contributed by atoms with Crippen molar-refractivity contribution >= 4 is 35.8 Å². The molecule has 0 saturated carbocycles. The minimum Gasteiger partial charge on any atom is -0.477 e. The molecule has 0 unspecified atom stereocenters. The Labute approximate surface area is 189 Å². The van der Waals surface area contributed by atoms with Crippen molar-refractivity contribution in [3.63, 3.8) is 0 Å². The van der Waals surface area contributed by atoms with Crippen LogP contribution in [-0.2, 0) is 57.2 Å². The van der Waals surface area contributed by atoms with E-state index in [1.54, 1.807) is 0 Å². The van der Waals surface area contributed by atoms with Crippen LogP contribution in [0.4, 0.5) is 0 Å². The number of esters is 5. The monoisotopic (exact) mass is 473 g/mol. The number of rotatable bonds is 9. The third-order valence-corrected chi connectivity index (χ3v) is 4.11. The van der Waals surface area contributed by atoms with Crippen molar-refractivity contribution in [2.24, 2.45) is 0 Å². The second kappa shape index (κ2) is 12.4. The van der Waals surface area contributed by atoms with E-state index in [2.05, 4.69) is 10.1 Å². The normalized spacial score (nSPS) is 21.2. The van der Waals surface area contributed by atoms with Gasteiger partial charge in [-0.2, -0.15) is 0 Å². The van der Waals surface area contributed by atoms with E-state index in [4.69, 9.17) is 23.7 Å². The highest BCUT2D eigenvalue weighted by Gasteiger charge is 2.49. The van der Waals surface area contributed by atoms with Crippen LogP contribution >= 0.6 is 0 Å². The van der Waals surface area contributed by atoms with Crippen LogP contribution in [0.5, 0.6) is 0 Å². The predicted molar refractivity (Wildman–Crippen MR) is 106 cm³/mol. The van der Waals surface area contributed by atoms with E-state index < -0.39 is 78.6 Å². The molecule has 1 aliphatic rings. The summed E-state index contributed by atoms with van der Waals surface area (Å²) in [6, 6.07) is -1.21. The molecule has 13 heteroatoms. The Morgan fingerprint density at radius 2 is 1.55 bits per heavy atom. The van der Waals surface area contributed by atoms with Crippen molar-refractivity contribution in [1.29, 1.82) is 0 Å². The maximum atomic E-state index is 12.2. The summed E-state index contributed by atoms with van der Waals surface area (Å²) in [6.45, 7) is 4.96. The van der Waals surface area contributed by atoms with Crippen LogP contribution in [0.3, 0.4) is 0 Å². The molecule has 1 rings (SSSR count). The summed E-state index contributed by atoms with van der Waals surface area (Å²) >= 11 is 0. The van der Waals surface area contributed by atoms with Gasteiger partial charge in [0.1, 0.15) is 18.8 Å². The smallest absolute Gasteiger partial charge is 0.373 e. The summed E-state index contributed by atoms with van der Waals surface area (Å²) in [7, 11) is 1.08. The van der Waals surface area contributed by atoms with Crippen molar-refractivity contribution in [1.82, 2.24) is 5.32 Å². The summed E-state index contributed by atoms with van der Waals surface area (Å²) in [4.78, 5) is 70.6. The molecule has 184 valence electrons. The highest BCUT2D eigenvalue weighted by atomic mass is 16.6. The maximum absolute atomic E-state index is 12.2. The molecule has 1 N–H and O–H groups in total. The SMILES string of the molecule is COC(=O)C1=C[C@H](OC(C)=O)[C@H](NC(C)=O)[C@H]([C@H](OC(C)=O)[C@H](COC(C)=O)OC(C)=O)O1. The fourth-order valence-electron chi connectivity index (χ4n) is 3.04. The molecule has 1 heterocycles. The highest BCUT2D eigenvalue weighted by Crippen LogP contribution is 2.28. The van der Waals surface area contributed by atoms with Gasteiger partial charge in [-0.1, -0.05) is 0 Å². The fraction of sp³-hybridized carbons (Fsp3) is 0.600. The molecule has 0 saturated heterocycles. The number of carbonyl (C=O) groups excluding carboxylic acids is 6. The Morgan fingerprint density at radius 3 is 2.00 bits per heavy atom. The summed E-state index contributed by atoms with van der Waals surface area (Å²) in [5, 5.41) is 2.51. The van der Waals surface area contributed by atoms with E-state index in [-0.39, 0.29) is 0 Å². The third kappa shape index (κ3) is 8.79. The van der Waals surface area contributed by atoms with E-state index in [1.807, 2.05) is 0 Å². The first-order valence-corrected chi connectivity index (χ1v) is 9.74. The van der Waals surface area contributed by atoms with Crippen LogP contribution < -0.4 is 5.32 Å². The van der Waals surface area contributed by atoms with Crippen LogP contribution in [0.2, 0.25) is 0 Å². The van der Waals surface area contributed by atoms with E-state index >= 15 is 0 Å². The highest BCUT2D eigenvalue weighted by molar-refractivity contribution is 5.86. The minimum atomic E-state index is -1.52. The zero-order chi connectivity index (χ0) is 25.3. The Morgan fingerprint density at radius 1 is 0.939 bits per heavy atom. The van der Waals surface area contributed by atoms with Gasteiger partial charge >= 0.3 is 29.8 Å². The zero-order valence-corrected chi connectivity index (χ0v) is 19.1. The molecule has 5 atom stereocenters. The fourth-order valence-corrected chi connectivity index (χ4v) is 3.04. The van der Waals surface area contributed by atoms with Gasteiger partial charge in [0.2, 0.25) is 11.7 Å². The first-order valence-electron chi connectivity index (χ1n) is 9.74. The van der Waals surface area contributed by atoms with Gasteiger partial charge in [-0.3, -0.25) is 24.0 Å². The summed E-state index contributed by atoms with van der Waals surface area (Å²) in [6.07, 6.45) is -4.52. The molecule has 0 aromatic rings. The first-order chi connectivity index (χ1) is 15.3. The molecule has 0 spiro atoms. The van der Waals surface area contributed by atoms with Gasteiger partial charge in [0.15, 0.2) is 18.3 Å². The Hall–Kier alpha value is -3.64. The lowest BCUT2D eigenvalue weighted by molar-refractivity contribution is -0.191. The van der Waals surface area contributed by atoms with E-state index in [9.17, 15) is 28.8 Å². The lowest BCUT2D eigenvalue weighted by Crippen LogP contribution is -2.62.